The summed E-state index contributed by atoms with van der Waals surface area (Å²) in [5.41, 5.74) is 2.99. The number of H-pyrrole nitrogens is 1. The van der Waals surface area contributed by atoms with Crippen LogP contribution in [0.4, 0.5) is 5.95 Å². The smallest absolute Gasteiger partial charge is 0.263 e. The van der Waals surface area contributed by atoms with E-state index in [0.717, 1.165) is 22.6 Å². The first kappa shape index (κ1) is 19.6. The first-order valence-corrected chi connectivity index (χ1v) is 10.2. The number of benzene rings is 3. The maximum atomic E-state index is 12.8. The maximum Gasteiger partial charge on any atom is 0.263 e. The van der Waals surface area contributed by atoms with Gasteiger partial charge < -0.3 is 10.1 Å². The number of para-hydroxylation sites is 2. The Bertz CT molecular complexity index is 1410. The molecule has 2 heterocycles. The van der Waals surface area contributed by atoms with Crippen LogP contribution in [0.2, 0.25) is 0 Å². The molecule has 0 amide bonds. The topological polar surface area (TPSA) is 84.8 Å². The summed E-state index contributed by atoms with van der Waals surface area (Å²) in [5, 5.41) is 8.20. The number of aromatic amines is 1. The van der Waals surface area contributed by atoms with Crippen LogP contribution >= 0.6 is 0 Å². The van der Waals surface area contributed by atoms with E-state index in [0.29, 0.717) is 17.0 Å². The highest BCUT2D eigenvalue weighted by molar-refractivity contribution is 5.76. The highest BCUT2D eigenvalue weighted by Gasteiger charge is 2.20. The van der Waals surface area contributed by atoms with Gasteiger partial charge in [-0.15, -0.1) is 0 Å². The van der Waals surface area contributed by atoms with Gasteiger partial charge in [-0.25, -0.2) is 4.68 Å². The van der Waals surface area contributed by atoms with Crippen LogP contribution in [0.1, 0.15) is 17.2 Å². The molecule has 0 saturated heterocycles. The van der Waals surface area contributed by atoms with Crippen LogP contribution in [0.3, 0.4) is 0 Å². The lowest BCUT2D eigenvalue weighted by molar-refractivity contribution is 0.408. The Labute approximate surface area is 184 Å². The highest BCUT2D eigenvalue weighted by atomic mass is 16.5. The van der Waals surface area contributed by atoms with Gasteiger partial charge in [-0.2, -0.15) is 10.1 Å². The number of anilines is 1. The van der Waals surface area contributed by atoms with Gasteiger partial charge in [0.25, 0.3) is 5.56 Å². The predicted molar refractivity (Wildman–Crippen MR) is 124 cm³/mol. The molecule has 0 aliphatic rings. The van der Waals surface area contributed by atoms with E-state index in [1.165, 1.54) is 6.20 Å². The van der Waals surface area contributed by atoms with Gasteiger partial charge in [0.1, 0.15) is 11.1 Å². The summed E-state index contributed by atoms with van der Waals surface area (Å²) in [7, 11) is 1.64. The lowest BCUT2D eigenvalue weighted by Crippen LogP contribution is -2.19. The van der Waals surface area contributed by atoms with Gasteiger partial charge in [-0.1, -0.05) is 66.7 Å². The third kappa shape index (κ3) is 3.60. The Hall–Kier alpha value is -4.39. The Kier molecular flexibility index (Phi) is 5.13. The molecule has 0 bridgehead atoms. The van der Waals surface area contributed by atoms with Crippen LogP contribution in [0.25, 0.3) is 16.7 Å². The zero-order chi connectivity index (χ0) is 21.9. The molecule has 0 aliphatic carbocycles. The maximum absolute atomic E-state index is 12.8. The van der Waals surface area contributed by atoms with Gasteiger partial charge in [-0.3, -0.25) is 9.78 Å². The molecular weight excluding hydrogens is 402 g/mol. The Morgan fingerprint density at radius 1 is 0.938 bits per heavy atom. The van der Waals surface area contributed by atoms with Crippen molar-refractivity contribution in [3.63, 3.8) is 0 Å². The number of aromatic nitrogens is 4. The molecule has 158 valence electrons. The summed E-state index contributed by atoms with van der Waals surface area (Å²) in [6.07, 6.45) is 1.53. The number of ether oxygens (including phenoxy) is 1. The third-order valence-corrected chi connectivity index (χ3v) is 5.30. The molecule has 2 aromatic heterocycles. The zero-order valence-electron chi connectivity index (χ0n) is 17.4. The SMILES string of the molecule is COc1ccccc1C(Nc1nc2c(cnn2-c2ccccc2)c(=O)[nH]1)c1ccccc1. The Balaban J connectivity index is 1.63. The van der Waals surface area contributed by atoms with Gasteiger partial charge in [0.05, 0.1) is 25.0 Å². The van der Waals surface area contributed by atoms with E-state index in [9.17, 15) is 4.79 Å². The molecular formula is C25H21N5O2. The summed E-state index contributed by atoms with van der Waals surface area (Å²) in [6.45, 7) is 0. The first-order valence-electron chi connectivity index (χ1n) is 10.2. The molecule has 7 heteroatoms. The van der Waals surface area contributed by atoms with E-state index >= 15 is 0 Å². The predicted octanol–water partition coefficient (Wildman–Crippen LogP) is 4.32. The van der Waals surface area contributed by atoms with Crippen LogP contribution < -0.4 is 15.6 Å². The molecule has 0 fully saturated rings. The van der Waals surface area contributed by atoms with Gasteiger partial charge >= 0.3 is 0 Å². The highest BCUT2D eigenvalue weighted by Crippen LogP contribution is 2.32. The second-order valence-electron chi connectivity index (χ2n) is 7.27. The van der Waals surface area contributed by atoms with Crippen molar-refractivity contribution in [3.8, 4) is 11.4 Å². The molecule has 1 atom stereocenters. The van der Waals surface area contributed by atoms with Crippen molar-refractivity contribution in [2.45, 2.75) is 6.04 Å². The average Bonchev–Trinajstić information content (AvgIpc) is 3.28. The molecule has 5 rings (SSSR count). The summed E-state index contributed by atoms with van der Waals surface area (Å²) < 4.78 is 7.26. The number of methoxy groups -OCH3 is 1. The van der Waals surface area contributed by atoms with E-state index < -0.39 is 0 Å². The van der Waals surface area contributed by atoms with Crippen LogP contribution in [-0.4, -0.2) is 26.9 Å². The number of fused-ring (bicyclic) bond motifs is 1. The van der Waals surface area contributed by atoms with Crippen molar-refractivity contribution >= 4 is 17.0 Å². The Morgan fingerprint density at radius 2 is 1.62 bits per heavy atom. The summed E-state index contributed by atoms with van der Waals surface area (Å²) in [5.74, 6) is 1.09. The minimum atomic E-state index is -0.291. The molecule has 3 aromatic carbocycles. The lowest BCUT2D eigenvalue weighted by Gasteiger charge is -2.22. The van der Waals surface area contributed by atoms with Crippen molar-refractivity contribution in [2.75, 3.05) is 12.4 Å². The quantitative estimate of drug-likeness (QED) is 0.425. The van der Waals surface area contributed by atoms with Gasteiger partial charge in [0.15, 0.2) is 5.65 Å². The number of hydrogen-bond acceptors (Lipinski definition) is 5. The van der Waals surface area contributed by atoms with Gasteiger partial charge in [0.2, 0.25) is 5.95 Å². The van der Waals surface area contributed by atoms with Crippen LogP contribution in [-0.2, 0) is 0 Å². The molecule has 5 aromatic rings. The number of nitrogens with zero attached hydrogens (tertiary/aromatic N) is 3. The van der Waals surface area contributed by atoms with Crippen molar-refractivity contribution in [1.29, 1.82) is 0 Å². The molecule has 7 nitrogen and oxygen atoms in total. The van der Waals surface area contributed by atoms with Crippen molar-refractivity contribution < 1.29 is 4.74 Å². The molecule has 32 heavy (non-hydrogen) atoms. The molecule has 0 saturated carbocycles. The van der Waals surface area contributed by atoms with Crippen molar-refractivity contribution in [1.82, 2.24) is 19.7 Å². The summed E-state index contributed by atoms with van der Waals surface area (Å²) in [6, 6.07) is 27.1. The van der Waals surface area contributed by atoms with E-state index in [4.69, 9.17) is 9.72 Å². The largest absolute Gasteiger partial charge is 0.496 e. The van der Waals surface area contributed by atoms with Crippen LogP contribution in [0.5, 0.6) is 5.75 Å². The second kappa shape index (κ2) is 8.39. The van der Waals surface area contributed by atoms with Crippen molar-refractivity contribution in [3.05, 3.63) is 113 Å². The van der Waals surface area contributed by atoms with Crippen LogP contribution in [0, 0.1) is 0 Å². The van der Waals surface area contributed by atoms with E-state index in [-0.39, 0.29) is 11.6 Å². The molecule has 2 N–H and O–H groups in total. The van der Waals surface area contributed by atoms with E-state index in [1.54, 1.807) is 11.8 Å². The summed E-state index contributed by atoms with van der Waals surface area (Å²) in [4.78, 5) is 20.4. The van der Waals surface area contributed by atoms with E-state index in [1.807, 2.05) is 84.9 Å². The fourth-order valence-corrected chi connectivity index (χ4v) is 3.77. The number of nitrogens with one attached hydrogen (secondary N) is 2. The normalized spacial score (nSPS) is 11.9. The Morgan fingerprint density at radius 3 is 2.38 bits per heavy atom. The first-order chi connectivity index (χ1) is 15.7. The van der Waals surface area contributed by atoms with Gasteiger partial charge in [-0.05, 0) is 23.8 Å². The zero-order valence-corrected chi connectivity index (χ0v) is 17.4. The lowest BCUT2D eigenvalue weighted by atomic mass is 9.98. The minimum Gasteiger partial charge on any atom is -0.496 e. The summed E-state index contributed by atoms with van der Waals surface area (Å²) >= 11 is 0. The number of rotatable bonds is 6. The molecule has 0 spiro atoms. The van der Waals surface area contributed by atoms with E-state index in [2.05, 4.69) is 15.4 Å². The standard InChI is InChI=1S/C25H21N5O2/c1-32-21-15-9-8-14-19(21)22(17-10-4-2-5-11-17)27-25-28-23-20(24(31)29-25)16-26-30(23)18-12-6-3-7-13-18/h2-16,22H,1H3,(H2,27,28,29,31). The fourth-order valence-electron chi connectivity index (χ4n) is 3.77. The van der Waals surface area contributed by atoms with Crippen molar-refractivity contribution in [2.24, 2.45) is 0 Å². The fraction of sp³-hybridized carbons (Fsp3) is 0.0800. The molecule has 1 unspecified atom stereocenters. The average molecular weight is 423 g/mol. The monoisotopic (exact) mass is 423 g/mol. The molecule has 0 radical (unpaired) electrons. The minimum absolute atomic E-state index is 0.258. The molecule has 0 aliphatic heterocycles. The van der Waals surface area contributed by atoms with Crippen LogP contribution in [0.15, 0.2) is 95.9 Å². The second-order valence-corrected chi connectivity index (χ2v) is 7.27. The number of hydrogen-bond donors (Lipinski definition) is 2. The third-order valence-electron chi connectivity index (χ3n) is 5.30. The van der Waals surface area contributed by atoms with Gasteiger partial charge in [0, 0.05) is 5.56 Å².